The van der Waals surface area contributed by atoms with Gasteiger partial charge in [-0.3, -0.25) is 14.2 Å². The number of nitrogens with one attached hydrogen (secondary N) is 1. The number of hydrogen-bond acceptors (Lipinski definition) is 17. The Morgan fingerprint density at radius 1 is 0.708 bits per heavy atom. The molecule has 96 heavy (non-hydrogen) atoms. The summed E-state index contributed by atoms with van der Waals surface area (Å²) < 4.78 is 58.5. The van der Waals surface area contributed by atoms with E-state index in [9.17, 15) is 29.2 Å². The van der Waals surface area contributed by atoms with Gasteiger partial charge >= 0.3 is 17.9 Å². The van der Waals surface area contributed by atoms with Crippen LogP contribution in [0.3, 0.4) is 0 Å². The van der Waals surface area contributed by atoms with Crippen LogP contribution in [0.5, 0.6) is 17.2 Å². The molecule has 10 rings (SSSR count). The van der Waals surface area contributed by atoms with Gasteiger partial charge in [0.25, 0.3) is 14.4 Å². The Labute approximate surface area is 560 Å². The van der Waals surface area contributed by atoms with Crippen molar-refractivity contribution in [2.75, 3.05) is 59.6 Å². The zero-order valence-electron chi connectivity index (χ0n) is 54.8. The number of aromatic nitrogens is 2. The lowest BCUT2D eigenvalue weighted by Gasteiger charge is -2.39. The summed E-state index contributed by atoms with van der Waals surface area (Å²) in [6.07, 6.45) is -1.17. The molecule has 1 aliphatic heterocycles. The summed E-state index contributed by atoms with van der Waals surface area (Å²) >= 11 is 0. The van der Waals surface area contributed by atoms with Crippen molar-refractivity contribution in [3.05, 3.63) is 243 Å². The van der Waals surface area contributed by atoms with Crippen molar-refractivity contribution >= 4 is 38.3 Å². The van der Waals surface area contributed by atoms with Gasteiger partial charge in [0.2, 0.25) is 0 Å². The van der Waals surface area contributed by atoms with E-state index in [4.69, 9.17) is 42.2 Å². The number of nitriles is 1. The van der Waals surface area contributed by atoms with Crippen LogP contribution >= 0.6 is 8.53 Å². The van der Waals surface area contributed by atoms with Crippen molar-refractivity contribution < 1.29 is 61.4 Å². The van der Waals surface area contributed by atoms with Crippen molar-refractivity contribution in [3.8, 4) is 34.4 Å². The molecule has 2 heterocycles. The fourth-order valence-corrected chi connectivity index (χ4v) is 13.8. The van der Waals surface area contributed by atoms with Gasteiger partial charge in [-0.05, 0) is 139 Å². The summed E-state index contributed by atoms with van der Waals surface area (Å²) in [5.74, 6) is 0.999. The van der Waals surface area contributed by atoms with Gasteiger partial charge in [-0.15, -0.1) is 0 Å². The van der Waals surface area contributed by atoms with Gasteiger partial charge in [0, 0.05) is 56.1 Å². The molecule has 0 radical (unpaired) electrons. The van der Waals surface area contributed by atoms with Crippen LogP contribution in [0.15, 0.2) is 193 Å². The van der Waals surface area contributed by atoms with E-state index in [2.05, 4.69) is 73.0 Å². The monoisotopic (exact) mass is 1320 g/mol. The first-order chi connectivity index (χ1) is 46.5. The first-order valence-corrected chi connectivity index (χ1v) is 33.1. The highest BCUT2D eigenvalue weighted by atomic mass is 31.2. The molecule has 1 aliphatic carbocycles. The third kappa shape index (κ3) is 16.9. The maximum atomic E-state index is 14.1. The van der Waals surface area contributed by atoms with E-state index in [0.717, 1.165) is 50.1 Å². The summed E-state index contributed by atoms with van der Waals surface area (Å²) in [6, 6.07) is 58.6. The number of ketones is 1. The van der Waals surface area contributed by atoms with E-state index in [1.165, 1.54) is 21.7 Å². The van der Waals surface area contributed by atoms with Crippen LogP contribution < -0.4 is 25.2 Å². The summed E-state index contributed by atoms with van der Waals surface area (Å²) in [5, 5.41) is 12.3. The maximum Gasteiger partial charge on any atom is 0.513 e. The van der Waals surface area contributed by atoms with E-state index in [0.29, 0.717) is 23.5 Å². The number of hydrogen-bond donors (Lipinski definition) is 1. The van der Waals surface area contributed by atoms with Crippen LogP contribution in [0.25, 0.3) is 11.1 Å². The Kier molecular flexibility index (Phi) is 23.6. The number of benzene rings is 7. The van der Waals surface area contributed by atoms with Crippen molar-refractivity contribution in [2.24, 2.45) is 0 Å². The molecular formula is C75H79N6O14P. The second kappa shape index (κ2) is 32.7. The van der Waals surface area contributed by atoms with E-state index >= 15 is 0 Å². The second-order valence-corrected chi connectivity index (χ2v) is 25.2. The quantitative estimate of drug-likeness (QED) is 0.0145. The third-order valence-electron chi connectivity index (χ3n) is 16.8. The van der Waals surface area contributed by atoms with Gasteiger partial charge in [0.15, 0.2) is 0 Å². The Morgan fingerprint density at radius 3 is 1.89 bits per heavy atom. The van der Waals surface area contributed by atoms with Gasteiger partial charge in [0.05, 0.1) is 52.6 Å². The molecule has 0 saturated carbocycles. The van der Waals surface area contributed by atoms with Gasteiger partial charge in [0.1, 0.15) is 60.0 Å². The average Bonchev–Trinajstić information content (AvgIpc) is 1.21. The van der Waals surface area contributed by atoms with Gasteiger partial charge < -0.3 is 52.4 Å². The number of likely N-dealkylation sites (N-methyl/N-ethyl adjacent to an activating group) is 1. The lowest BCUT2D eigenvalue weighted by atomic mass is 9.80. The Bertz CT molecular complexity index is 3930. The molecule has 8 aromatic rings. The second-order valence-electron chi connectivity index (χ2n) is 23.8. The van der Waals surface area contributed by atoms with Crippen molar-refractivity contribution in [2.45, 2.75) is 102 Å². The number of aryl methyl sites for hydroxylation is 1. The number of methoxy groups -OCH3 is 2. The number of carbonyl (C=O) groups excluding carboxylic acids is 4. The molecule has 1 fully saturated rings. The van der Waals surface area contributed by atoms with Crippen LogP contribution in [0.1, 0.15) is 108 Å². The predicted octanol–water partition coefficient (Wildman–Crippen LogP) is 13.6. The fraction of sp³-hybridized carbons (Fsp3) is 0.320. The molecule has 1 aromatic heterocycles. The largest absolute Gasteiger partial charge is 0.513 e. The van der Waals surface area contributed by atoms with Gasteiger partial charge in [-0.1, -0.05) is 127 Å². The third-order valence-corrected chi connectivity index (χ3v) is 19.0. The topological polar surface area (TPSA) is 229 Å². The predicted molar refractivity (Wildman–Crippen MR) is 363 cm³/mol. The molecule has 498 valence electrons. The number of carbonyl (C=O) groups is 4. The Morgan fingerprint density at radius 2 is 1.29 bits per heavy atom. The standard InChI is InChI=1S/C75H79N6O14P/c1-50(2)81(51(3)4)96(92-44-15-41-76)95-67-47-70(94-68(67)49-91-75(55-16-9-8-10-17-55,56-29-36-59(87-6)37-30-56)57-31-38-60(88-7)39-32-57)80-42-40-69(78-72(80)84)77-71(83)54-27-22-52(23-28-54)24-33-58(82)46-53-25-34-61(35-26-53)93-74(86)89-45-43-79(5)73(85)90-48-66-64-20-13-11-18-62(64)63-19-12-14-21-65(63)66/h8-14,16-23,25-32,34-40,42,50-51,66-68,70H,15,24,33,43-49H2,1-7H3,(H,77,78,83,84)/t67-,68-,70?,96?/m1/s1. The highest BCUT2D eigenvalue weighted by Crippen LogP contribution is 2.51. The van der Waals surface area contributed by atoms with Crippen molar-refractivity contribution in [3.63, 3.8) is 0 Å². The molecule has 1 saturated heterocycles. The zero-order chi connectivity index (χ0) is 67.7. The molecule has 21 heteroatoms. The van der Waals surface area contributed by atoms with Crippen LogP contribution in [0.2, 0.25) is 0 Å². The average molecular weight is 1320 g/mol. The summed E-state index contributed by atoms with van der Waals surface area (Å²) in [4.78, 5) is 71.9. The van der Waals surface area contributed by atoms with E-state index in [1.807, 2.05) is 103 Å². The maximum absolute atomic E-state index is 14.1. The van der Waals surface area contributed by atoms with Gasteiger partial charge in [-0.25, -0.2) is 19.1 Å². The normalized spacial score (nSPS) is 15.3. The molecule has 0 spiro atoms. The fourth-order valence-electron chi connectivity index (χ4n) is 12.0. The molecule has 1 N–H and O–H groups in total. The number of amides is 2. The van der Waals surface area contributed by atoms with Crippen LogP contribution in [0.4, 0.5) is 15.4 Å². The van der Waals surface area contributed by atoms with E-state index < -0.39 is 56.4 Å². The van der Waals surface area contributed by atoms with Crippen LogP contribution in [-0.4, -0.2) is 122 Å². The molecule has 4 atom stereocenters. The van der Waals surface area contributed by atoms with Gasteiger partial charge in [-0.2, -0.15) is 10.2 Å². The lowest BCUT2D eigenvalue weighted by Crippen LogP contribution is -2.39. The van der Waals surface area contributed by atoms with Crippen LogP contribution in [0, 0.1) is 11.3 Å². The van der Waals surface area contributed by atoms with Crippen molar-refractivity contribution in [1.82, 2.24) is 19.1 Å². The Balaban J connectivity index is 0.729. The minimum atomic E-state index is -1.77. The molecule has 2 amide bonds. The molecule has 2 aliphatic rings. The highest BCUT2D eigenvalue weighted by Gasteiger charge is 2.45. The summed E-state index contributed by atoms with van der Waals surface area (Å²) in [5.41, 5.74) is 6.92. The van der Waals surface area contributed by atoms with E-state index in [1.54, 1.807) is 69.8 Å². The first-order valence-electron chi connectivity index (χ1n) is 32.0. The number of Topliss-reactive ketones (excluding diaryl/α,β-unsaturated/α-hetero) is 1. The molecule has 7 aromatic carbocycles. The number of fused-ring (bicyclic) bond motifs is 3. The minimum absolute atomic E-state index is 0.000788. The Hall–Kier alpha value is -9.58. The van der Waals surface area contributed by atoms with Crippen molar-refractivity contribution in [1.29, 1.82) is 5.26 Å². The minimum Gasteiger partial charge on any atom is -0.497 e. The lowest BCUT2D eigenvalue weighted by molar-refractivity contribution is -0.118. The number of nitrogens with zero attached hydrogens (tertiary/aromatic N) is 5. The molecule has 0 bridgehead atoms. The SMILES string of the molecule is COc1ccc(C(OC[C@H]2OC(n3ccc(NC(=O)c4ccc(CCC(=O)Cc5ccc(OC(=O)OCCN(C)C(=O)OCC6c7ccccc7-c7ccccc76)cc5)cc4)nc3=O)C[C@H]2OP(OCCC#N)N(C(C)C)C(C)C)(c2ccccc2)c2ccc(OC)cc2)cc1. The first kappa shape index (κ1) is 69.3. The number of anilines is 1. The van der Waals surface area contributed by atoms with Crippen LogP contribution in [-0.2, 0) is 51.2 Å². The number of rotatable bonds is 30. The zero-order valence-corrected chi connectivity index (χ0v) is 55.7. The summed E-state index contributed by atoms with van der Waals surface area (Å²) in [6.45, 7) is 8.47. The molecular weight excluding hydrogens is 1240 g/mol. The van der Waals surface area contributed by atoms with E-state index in [-0.39, 0.29) is 94.0 Å². The molecule has 20 nitrogen and oxygen atoms in total. The summed E-state index contributed by atoms with van der Waals surface area (Å²) in [7, 11) is 3.03. The highest BCUT2D eigenvalue weighted by molar-refractivity contribution is 7.44. The smallest absolute Gasteiger partial charge is 0.497 e. The molecule has 2 unspecified atom stereocenters. The number of ether oxygens (including phenoxy) is 7.